The van der Waals surface area contributed by atoms with E-state index in [9.17, 15) is 23.1 Å². The number of fused-ring (bicyclic) bond motifs is 4. The Hall–Kier alpha value is -3.12. The van der Waals surface area contributed by atoms with Gasteiger partial charge in [0.25, 0.3) is 5.91 Å². The summed E-state index contributed by atoms with van der Waals surface area (Å²) in [5.74, 6) is -0.0307. The maximum absolute atomic E-state index is 13.5. The number of allylic oxidation sites excluding steroid dienone is 1. The average molecular weight is 726 g/mol. The molecule has 0 aromatic heterocycles. The molecule has 2 fully saturated rings. The highest BCUT2D eigenvalue weighted by Crippen LogP contribution is 2.47. The van der Waals surface area contributed by atoms with E-state index in [4.69, 9.17) is 21.1 Å². The van der Waals surface area contributed by atoms with Gasteiger partial charge in [-0.05, 0) is 111 Å². The molecule has 1 saturated heterocycles. The Kier molecular flexibility index (Phi) is 9.97. The quantitative estimate of drug-likeness (QED) is 0.430. The number of nitrogens with one attached hydrogen (secondary N) is 1. The van der Waals surface area contributed by atoms with Crippen LogP contribution in [0, 0.1) is 17.8 Å². The van der Waals surface area contributed by atoms with Crippen LogP contribution in [0.1, 0.15) is 73.9 Å². The third-order valence-electron chi connectivity index (χ3n) is 11.9. The first kappa shape index (κ1) is 35.3. The summed E-state index contributed by atoms with van der Waals surface area (Å²) < 4.78 is 42.2. The first-order valence-corrected chi connectivity index (χ1v) is 20.0. The molecule has 270 valence electrons. The number of likely N-dealkylation sites (tertiary alicyclic amines) is 1. The highest BCUT2D eigenvalue weighted by Gasteiger charge is 2.45. The van der Waals surface area contributed by atoms with Crippen molar-refractivity contribution in [2.75, 3.05) is 44.3 Å². The monoisotopic (exact) mass is 725 g/mol. The van der Waals surface area contributed by atoms with Crippen LogP contribution in [0.3, 0.4) is 0 Å². The maximum atomic E-state index is 13.5. The second-order valence-corrected chi connectivity index (χ2v) is 17.6. The number of carbonyl (C=O) groups is 2. The number of sulfonamides is 1. The standard InChI is InChI=1S/C38H48ClN3O7S/c1-24-5-3-7-34(48-21-36(44)41-16-14-30(43)20-41)31-11-8-28(31)19-42-22-38(15-4-6-26-17-29(39)10-12-32(26)38)23-49-35-13-9-27(18-33(35)42)37(45)40-50(46,47)25(24)2/h3,7,9-10,12-13,17-18,24-25,28,30-31,34,43H,4-6,8,11,14-16,19-23H2,1-2H3,(H,40,45)/b7-3+/t24-,25+,28-,30-,31+,34-,38-/m0/s1. The number of nitrogens with zero attached hydrogens (tertiary/aromatic N) is 2. The minimum Gasteiger partial charge on any atom is -0.490 e. The molecule has 3 heterocycles. The summed E-state index contributed by atoms with van der Waals surface area (Å²) in [6, 6.07) is 11.4. The molecule has 10 nitrogen and oxygen atoms in total. The van der Waals surface area contributed by atoms with Gasteiger partial charge >= 0.3 is 0 Å². The Morgan fingerprint density at radius 3 is 2.74 bits per heavy atom. The zero-order chi connectivity index (χ0) is 35.2. The predicted octanol–water partition coefficient (Wildman–Crippen LogP) is 4.86. The fraction of sp³-hybridized carbons (Fsp3) is 0.579. The van der Waals surface area contributed by atoms with E-state index in [-0.39, 0.29) is 47.4 Å². The molecule has 1 saturated carbocycles. The lowest BCUT2D eigenvalue weighted by Crippen LogP contribution is -2.50. The number of rotatable bonds is 3. The van der Waals surface area contributed by atoms with Crippen molar-refractivity contribution >= 4 is 39.1 Å². The number of aliphatic hydroxyl groups is 1. The molecule has 0 unspecified atom stereocenters. The minimum absolute atomic E-state index is 0.0798. The first-order valence-electron chi connectivity index (χ1n) is 18.0. The van der Waals surface area contributed by atoms with Gasteiger partial charge in [0, 0.05) is 42.2 Å². The van der Waals surface area contributed by atoms with Gasteiger partial charge in [-0.1, -0.05) is 36.7 Å². The molecule has 0 radical (unpaired) electrons. The number of amides is 2. The Morgan fingerprint density at radius 1 is 1.14 bits per heavy atom. The van der Waals surface area contributed by atoms with Crippen LogP contribution in [0.2, 0.25) is 5.02 Å². The van der Waals surface area contributed by atoms with Crippen LogP contribution in [-0.2, 0) is 31.4 Å². The van der Waals surface area contributed by atoms with Gasteiger partial charge in [-0.2, -0.15) is 0 Å². The lowest BCUT2D eigenvalue weighted by Gasteiger charge is -2.46. The largest absolute Gasteiger partial charge is 0.490 e. The molecular formula is C38H48ClN3O7S. The fourth-order valence-electron chi connectivity index (χ4n) is 8.55. The molecular weight excluding hydrogens is 678 g/mol. The van der Waals surface area contributed by atoms with E-state index in [1.54, 1.807) is 30.0 Å². The van der Waals surface area contributed by atoms with Crippen molar-refractivity contribution in [1.82, 2.24) is 9.62 Å². The lowest BCUT2D eigenvalue weighted by molar-refractivity contribution is -0.138. The summed E-state index contributed by atoms with van der Waals surface area (Å²) in [7, 11) is -3.99. The fourth-order valence-corrected chi connectivity index (χ4v) is 10.0. The van der Waals surface area contributed by atoms with Crippen molar-refractivity contribution in [3.8, 4) is 5.75 Å². The molecule has 2 N–H and O–H groups in total. The Morgan fingerprint density at radius 2 is 1.98 bits per heavy atom. The van der Waals surface area contributed by atoms with Crippen LogP contribution < -0.4 is 14.4 Å². The first-order chi connectivity index (χ1) is 23.9. The van der Waals surface area contributed by atoms with Gasteiger partial charge in [0.2, 0.25) is 15.9 Å². The van der Waals surface area contributed by atoms with E-state index in [0.717, 1.165) is 37.8 Å². The van der Waals surface area contributed by atoms with Crippen molar-refractivity contribution in [1.29, 1.82) is 0 Å². The summed E-state index contributed by atoms with van der Waals surface area (Å²) >= 11 is 6.44. The van der Waals surface area contributed by atoms with Crippen molar-refractivity contribution in [2.45, 2.75) is 81.7 Å². The highest BCUT2D eigenvalue weighted by atomic mass is 35.5. The number of benzene rings is 2. The molecule has 7 rings (SSSR count). The minimum atomic E-state index is -3.99. The molecule has 12 heteroatoms. The van der Waals surface area contributed by atoms with Crippen LogP contribution >= 0.6 is 11.6 Å². The molecule has 2 aromatic rings. The van der Waals surface area contributed by atoms with Gasteiger partial charge in [-0.3, -0.25) is 9.59 Å². The topological polar surface area (TPSA) is 125 Å². The summed E-state index contributed by atoms with van der Waals surface area (Å²) in [6.45, 7) is 6.06. The van der Waals surface area contributed by atoms with Gasteiger partial charge in [0.15, 0.2) is 0 Å². The van der Waals surface area contributed by atoms with E-state index in [0.29, 0.717) is 56.4 Å². The van der Waals surface area contributed by atoms with Gasteiger partial charge in [0.05, 0.1) is 29.8 Å². The molecule has 7 atom stereocenters. The summed E-state index contributed by atoms with van der Waals surface area (Å²) in [4.78, 5) is 30.6. The molecule has 2 bridgehead atoms. The maximum Gasteiger partial charge on any atom is 0.264 e. The van der Waals surface area contributed by atoms with Crippen LogP contribution in [0.25, 0.3) is 0 Å². The second kappa shape index (κ2) is 14.1. The van der Waals surface area contributed by atoms with Crippen molar-refractivity contribution in [2.24, 2.45) is 17.8 Å². The third kappa shape index (κ3) is 7.03. The number of hydrogen-bond acceptors (Lipinski definition) is 8. The summed E-state index contributed by atoms with van der Waals surface area (Å²) in [6.07, 6.45) is 8.97. The normalized spacial score (nSPS) is 32.9. The highest BCUT2D eigenvalue weighted by molar-refractivity contribution is 7.90. The predicted molar refractivity (Wildman–Crippen MR) is 192 cm³/mol. The summed E-state index contributed by atoms with van der Waals surface area (Å²) in [5.41, 5.74) is 3.19. The zero-order valence-electron chi connectivity index (χ0n) is 28.9. The van der Waals surface area contributed by atoms with Crippen molar-refractivity contribution < 1.29 is 32.6 Å². The van der Waals surface area contributed by atoms with Crippen molar-refractivity contribution in [3.63, 3.8) is 0 Å². The van der Waals surface area contributed by atoms with Gasteiger partial charge in [0.1, 0.15) is 12.4 Å². The Labute approximate surface area is 300 Å². The number of carbonyl (C=O) groups excluding carboxylic acids is 2. The Bertz CT molecular complexity index is 1770. The van der Waals surface area contributed by atoms with Gasteiger partial charge in [-0.15, -0.1) is 0 Å². The van der Waals surface area contributed by atoms with E-state index in [2.05, 4.69) is 21.8 Å². The number of aliphatic hydroxyl groups excluding tert-OH is 1. The molecule has 50 heavy (non-hydrogen) atoms. The van der Waals surface area contributed by atoms with E-state index in [1.165, 1.54) is 11.1 Å². The summed E-state index contributed by atoms with van der Waals surface area (Å²) in [5, 5.41) is 9.86. The smallest absolute Gasteiger partial charge is 0.264 e. The Balaban J connectivity index is 1.24. The molecule has 2 aliphatic carbocycles. The number of halogens is 1. The molecule has 3 aliphatic heterocycles. The third-order valence-corrected chi connectivity index (χ3v) is 14.1. The molecule has 1 spiro atoms. The zero-order valence-corrected chi connectivity index (χ0v) is 30.4. The average Bonchev–Trinajstić information content (AvgIpc) is 3.45. The number of hydrogen-bond donors (Lipinski definition) is 2. The second-order valence-electron chi connectivity index (χ2n) is 15.2. The number of anilines is 1. The SMILES string of the molecule is C[C@@H]1[C@@H](C)C/C=C/[C@H](OCC(=O)N2CC[C@H](O)C2)[C@@H]2CC[C@H]2CN2C[C@@]3(CCCc4cc(Cl)ccc43)COc3ccc(cc32)C(=O)NS1(=O)=O. The van der Waals surface area contributed by atoms with Crippen LogP contribution in [0.15, 0.2) is 48.6 Å². The lowest BCUT2D eigenvalue weighted by atomic mass is 9.68. The van der Waals surface area contributed by atoms with Crippen LogP contribution in [0.4, 0.5) is 5.69 Å². The van der Waals surface area contributed by atoms with E-state index < -0.39 is 27.3 Å². The van der Waals surface area contributed by atoms with Crippen LogP contribution in [0.5, 0.6) is 5.75 Å². The van der Waals surface area contributed by atoms with Gasteiger partial charge < -0.3 is 24.4 Å². The number of ether oxygens (including phenoxy) is 2. The number of β-amino-alcohol motifs (C(OH)–C–C–N with tert-alkyl or cyclic N) is 1. The van der Waals surface area contributed by atoms with Crippen molar-refractivity contribution in [3.05, 3.63) is 70.3 Å². The molecule has 2 amide bonds. The van der Waals surface area contributed by atoms with Gasteiger partial charge in [-0.25, -0.2) is 13.1 Å². The van der Waals surface area contributed by atoms with E-state index >= 15 is 0 Å². The molecule has 5 aliphatic rings. The molecule has 2 aromatic carbocycles. The van der Waals surface area contributed by atoms with Crippen LogP contribution in [-0.4, -0.2) is 87.1 Å². The number of aryl methyl sites for hydroxylation is 1. The van der Waals surface area contributed by atoms with E-state index in [1.807, 2.05) is 25.1 Å².